The zero-order chi connectivity index (χ0) is 36.0. The van der Waals surface area contributed by atoms with Crippen molar-refractivity contribution in [1.82, 2.24) is 29.6 Å². The van der Waals surface area contributed by atoms with Crippen molar-refractivity contribution in [3.05, 3.63) is 64.0 Å². The second-order valence-electron chi connectivity index (χ2n) is 16.5. The molecule has 2 bridgehead atoms. The first-order valence-corrected chi connectivity index (χ1v) is 19.0. The second-order valence-corrected chi connectivity index (χ2v) is 16.5. The van der Waals surface area contributed by atoms with Gasteiger partial charge in [-0.25, -0.2) is 14.4 Å². The Hall–Kier alpha value is -3.54. The van der Waals surface area contributed by atoms with Crippen molar-refractivity contribution < 1.29 is 9.13 Å². The largest absolute Gasteiger partial charge is 0.497 e. The molecule has 1 aromatic heterocycles. The van der Waals surface area contributed by atoms with Crippen molar-refractivity contribution >= 4 is 22.5 Å². The first kappa shape index (κ1) is 35.8. The van der Waals surface area contributed by atoms with Crippen LogP contribution in [0.4, 0.5) is 10.1 Å². The predicted molar refractivity (Wildman–Crippen MR) is 203 cm³/mol. The highest BCUT2D eigenvalue weighted by Crippen LogP contribution is 2.61. The molecule has 6 atom stereocenters. The van der Waals surface area contributed by atoms with E-state index in [2.05, 4.69) is 67.0 Å². The molecule has 8 rings (SSSR count). The van der Waals surface area contributed by atoms with Gasteiger partial charge in [-0.1, -0.05) is 26.8 Å². The first-order chi connectivity index (χ1) is 24.4. The molecule has 51 heavy (non-hydrogen) atoms. The number of piperazine rings is 2. The third-order valence-corrected chi connectivity index (χ3v) is 12.6. The van der Waals surface area contributed by atoms with Crippen LogP contribution in [0, 0.1) is 29.0 Å². The fourth-order valence-corrected chi connectivity index (χ4v) is 9.26. The maximum absolute atomic E-state index is 14.9. The molecule has 3 aromatic rings. The van der Waals surface area contributed by atoms with Crippen molar-refractivity contribution in [3.63, 3.8) is 0 Å². The number of likely N-dealkylation sites (N-methyl/N-ethyl adjacent to an activating group) is 1. The summed E-state index contributed by atoms with van der Waals surface area (Å²) in [7, 11) is 3.66. The number of nitrogens with zero attached hydrogens (tertiary/aromatic N) is 6. The molecule has 11 heteroatoms. The average Bonchev–Trinajstić information content (AvgIpc) is 3.09. The number of fused-ring (bicyclic) bond motifs is 3. The first-order valence-electron chi connectivity index (χ1n) is 19.0. The van der Waals surface area contributed by atoms with Gasteiger partial charge in [0.25, 0.3) is 5.56 Å². The predicted octanol–water partition coefficient (Wildman–Crippen LogP) is 5.06. The molecule has 5 fully saturated rings. The topological polar surface area (TPSA) is 90.3 Å². The van der Waals surface area contributed by atoms with E-state index in [0.29, 0.717) is 76.9 Å². The molecule has 10 nitrogen and oxygen atoms in total. The van der Waals surface area contributed by atoms with Gasteiger partial charge in [-0.3, -0.25) is 14.3 Å². The molecule has 2 saturated heterocycles. The summed E-state index contributed by atoms with van der Waals surface area (Å²) in [6.45, 7) is 18.1. The lowest BCUT2D eigenvalue weighted by Gasteiger charge is -2.61. The molecule has 2 aliphatic heterocycles. The Balaban J connectivity index is 1.21. The Bertz CT molecular complexity index is 1810. The van der Waals surface area contributed by atoms with Gasteiger partial charge < -0.3 is 25.2 Å². The smallest absolute Gasteiger partial charge is 0.261 e. The van der Waals surface area contributed by atoms with Gasteiger partial charge in [0.15, 0.2) is 5.96 Å². The van der Waals surface area contributed by atoms with E-state index in [0.717, 1.165) is 63.3 Å². The molecule has 3 heterocycles. The number of benzene rings is 2. The number of aromatic nitrogens is 2. The van der Waals surface area contributed by atoms with Crippen molar-refractivity contribution in [3.8, 4) is 5.75 Å². The van der Waals surface area contributed by atoms with Crippen molar-refractivity contribution in [1.29, 1.82) is 0 Å². The van der Waals surface area contributed by atoms with E-state index in [1.807, 2.05) is 18.2 Å². The fraction of sp³-hybridized carbons (Fsp3) is 0.625. The number of hydrogen-bond donors (Lipinski definition) is 2. The number of guanidine groups is 1. The van der Waals surface area contributed by atoms with Crippen LogP contribution in [-0.2, 0) is 19.5 Å². The monoisotopic (exact) mass is 700 g/mol. The Morgan fingerprint density at radius 1 is 1.06 bits per heavy atom. The Kier molecular flexibility index (Phi) is 10.2. The molecule has 0 amide bonds. The number of methoxy groups -OCH3 is 1. The number of halogens is 1. The van der Waals surface area contributed by atoms with Gasteiger partial charge in [-0.05, 0) is 93.2 Å². The number of ether oxygens (including phenoxy) is 1. The number of aryl methyl sites for hydroxylation is 1. The van der Waals surface area contributed by atoms with E-state index >= 15 is 0 Å². The van der Waals surface area contributed by atoms with E-state index in [9.17, 15) is 9.18 Å². The van der Waals surface area contributed by atoms with Gasteiger partial charge in [-0.15, -0.1) is 0 Å². The third-order valence-electron chi connectivity index (χ3n) is 12.6. The molecule has 2 aromatic carbocycles. The molecule has 0 spiro atoms. The van der Waals surface area contributed by atoms with Crippen LogP contribution in [0.25, 0.3) is 10.9 Å². The van der Waals surface area contributed by atoms with E-state index in [-0.39, 0.29) is 17.4 Å². The van der Waals surface area contributed by atoms with Gasteiger partial charge >= 0.3 is 0 Å². The van der Waals surface area contributed by atoms with Crippen molar-refractivity contribution in [2.75, 3.05) is 58.7 Å². The van der Waals surface area contributed by atoms with Gasteiger partial charge in [0, 0.05) is 69.7 Å². The van der Waals surface area contributed by atoms with E-state index in [1.54, 1.807) is 16.7 Å². The summed E-state index contributed by atoms with van der Waals surface area (Å²) >= 11 is 0. The lowest BCUT2D eigenvalue weighted by molar-refractivity contribution is -0.108. The maximum atomic E-state index is 14.9. The van der Waals surface area contributed by atoms with Crippen LogP contribution in [0.15, 0.2) is 46.2 Å². The number of rotatable bonds is 8. The summed E-state index contributed by atoms with van der Waals surface area (Å²) in [5.74, 6) is 3.73. The summed E-state index contributed by atoms with van der Waals surface area (Å²) < 4.78 is 21.9. The maximum Gasteiger partial charge on any atom is 0.261 e. The standard InChI is InChI=1S/C40H57FN8O2/c1-25-22-48(23-26(2)42-25)39(45-35-19-29-18-33(27(35)3)40(29,4)5)43-30-9-11-32-36(20-30)44-37(24-47-16-14-46(6)15-17-47)49(38(32)50)13-12-28-8-10-31(51-7)21-34(28)41/h8-11,20-21,25-27,29,33,35,42H,12-19,22-24H2,1-7H3,(H,43,45). The van der Waals surface area contributed by atoms with Crippen LogP contribution in [0.2, 0.25) is 0 Å². The fourth-order valence-electron chi connectivity index (χ4n) is 9.26. The molecular formula is C40H57FN8O2. The summed E-state index contributed by atoms with van der Waals surface area (Å²) in [6.07, 6.45) is 2.82. The van der Waals surface area contributed by atoms with Crippen molar-refractivity contribution in [2.45, 2.75) is 85.1 Å². The van der Waals surface area contributed by atoms with Crippen LogP contribution in [0.1, 0.15) is 58.8 Å². The molecule has 2 N–H and O–H groups in total. The highest BCUT2D eigenvalue weighted by Gasteiger charge is 2.56. The molecule has 6 unspecified atom stereocenters. The zero-order valence-electron chi connectivity index (χ0n) is 31.6. The Labute approximate surface area is 302 Å². The lowest BCUT2D eigenvalue weighted by atomic mass is 9.45. The van der Waals surface area contributed by atoms with Gasteiger partial charge in [0.2, 0.25) is 0 Å². The molecular weight excluding hydrogens is 643 g/mol. The normalized spacial score (nSPS) is 28.5. The van der Waals surface area contributed by atoms with Crippen LogP contribution in [-0.4, -0.2) is 102 Å². The minimum atomic E-state index is -0.332. The zero-order valence-corrected chi connectivity index (χ0v) is 31.6. The third kappa shape index (κ3) is 7.39. The molecule has 0 radical (unpaired) electrons. The number of hydrogen-bond acceptors (Lipinski definition) is 7. The second kappa shape index (κ2) is 14.5. The van der Waals surface area contributed by atoms with E-state index in [4.69, 9.17) is 14.7 Å². The Morgan fingerprint density at radius 2 is 1.80 bits per heavy atom. The highest BCUT2D eigenvalue weighted by molar-refractivity contribution is 5.96. The van der Waals surface area contributed by atoms with Crippen LogP contribution < -0.4 is 20.9 Å². The summed E-state index contributed by atoms with van der Waals surface area (Å²) in [5, 5.41) is 7.96. The van der Waals surface area contributed by atoms with Gasteiger partial charge in [-0.2, -0.15) is 0 Å². The van der Waals surface area contributed by atoms with E-state index in [1.165, 1.54) is 19.6 Å². The summed E-state index contributed by atoms with van der Waals surface area (Å²) in [4.78, 5) is 32.0. The van der Waals surface area contributed by atoms with Crippen LogP contribution >= 0.6 is 0 Å². The molecule has 3 aliphatic carbocycles. The molecule has 5 aliphatic rings. The van der Waals surface area contributed by atoms with E-state index < -0.39 is 0 Å². The summed E-state index contributed by atoms with van der Waals surface area (Å²) in [5.41, 5.74) is 2.39. The molecule has 3 saturated carbocycles. The highest BCUT2D eigenvalue weighted by atomic mass is 19.1. The quantitative estimate of drug-likeness (QED) is 0.249. The Morgan fingerprint density at radius 3 is 2.47 bits per heavy atom. The SMILES string of the molecule is COc1ccc(CCn2c(CN3CCN(C)CC3)nc3cc(NC(=NC4CC5CC(C4C)C5(C)C)N4CC(C)NC(C)C4)ccc3c2=O)c(F)c1. The molecule has 276 valence electrons. The van der Waals surface area contributed by atoms with Crippen LogP contribution in [0.5, 0.6) is 5.75 Å². The van der Waals surface area contributed by atoms with Crippen molar-refractivity contribution in [2.24, 2.45) is 28.2 Å². The van der Waals surface area contributed by atoms with Crippen LogP contribution in [0.3, 0.4) is 0 Å². The van der Waals surface area contributed by atoms with Gasteiger partial charge in [0.1, 0.15) is 17.4 Å². The summed E-state index contributed by atoms with van der Waals surface area (Å²) in [6, 6.07) is 11.7. The number of nitrogens with one attached hydrogen (secondary N) is 2. The minimum absolute atomic E-state index is 0.0962. The lowest BCUT2D eigenvalue weighted by Crippen LogP contribution is -2.59. The number of aliphatic imine (C=N–C) groups is 1. The van der Waals surface area contributed by atoms with Gasteiger partial charge in [0.05, 0.1) is 30.6 Å². The number of anilines is 1. The average molecular weight is 701 g/mol. The minimum Gasteiger partial charge on any atom is -0.497 e.